The van der Waals surface area contributed by atoms with E-state index in [2.05, 4.69) is 33.0 Å². The van der Waals surface area contributed by atoms with Crippen LogP contribution in [0.15, 0.2) is 20.4 Å². The van der Waals surface area contributed by atoms with Gasteiger partial charge in [0.15, 0.2) is 0 Å². The second kappa shape index (κ2) is 6.45. The Bertz CT molecular complexity index is 497. The number of aromatic nitrogens is 2. The van der Waals surface area contributed by atoms with Crippen LogP contribution >= 0.6 is 27.3 Å². The molecule has 4 nitrogen and oxygen atoms in total. The Hall–Kier alpha value is -0.720. The van der Waals surface area contributed by atoms with E-state index in [-0.39, 0.29) is 0 Å². The molecule has 0 aliphatic heterocycles. The van der Waals surface area contributed by atoms with E-state index in [1.165, 1.54) is 0 Å². The molecule has 98 valence electrons. The summed E-state index contributed by atoms with van der Waals surface area (Å²) < 4.78 is 6.30. The van der Waals surface area contributed by atoms with Crippen LogP contribution in [0.25, 0.3) is 10.7 Å². The van der Waals surface area contributed by atoms with Gasteiger partial charge in [0.25, 0.3) is 0 Å². The first-order valence-electron chi connectivity index (χ1n) is 5.96. The van der Waals surface area contributed by atoms with Crippen molar-refractivity contribution in [1.29, 1.82) is 0 Å². The molecule has 6 heteroatoms. The van der Waals surface area contributed by atoms with E-state index in [0.29, 0.717) is 17.6 Å². The summed E-state index contributed by atoms with van der Waals surface area (Å²) in [7, 11) is 0. The van der Waals surface area contributed by atoms with E-state index in [4.69, 9.17) is 10.3 Å². The lowest BCUT2D eigenvalue weighted by Gasteiger charge is -2.06. The smallest absolute Gasteiger partial charge is 0.226 e. The fourth-order valence-corrected chi connectivity index (χ4v) is 3.04. The van der Waals surface area contributed by atoms with Gasteiger partial charge in [0, 0.05) is 16.3 Å². The number of halogens is 1. The van der Waals surface area contributed by atoms with Gasteiger partial charge in [0.05, 0.1) is 4.88 Å². The summed E-state index contributed by atoms with van der Waals surface area (Å²) in [6.07, 6.45) is 2.90. The van der Waals surface area contributed by atoms with Gasteiger partial charge >= 0.3 is 0 Å². The molecular formula is C12H16BrN3OS. The predicted octanol–water partition coefficient (Wildman–Crippen LogP) is 3.48. The lowest BCUT2D eigenvalue weighted by atomic mass is 10.0. The Morgan fingerprint density at radius 3 is 3.00 bits per heavy atom. The molecular weight excluding hydrogens is 314 g/mol. The van der Waals surface area contributed by atoms with E-state index < -0.39 is 0 Å². The third-order valence-electron chi connectivity index (χ3n) is 2.77. The molecule has 2 aromatic rings. The molecule has 1 unspecified atom stereocenters. The van der Waals surface area contributed by atoms with Crippen LogP contribution in [-0.2, 0) is 6.42 Å². The summed E-state index contributed by atoms with van der Waals surface area (Å²) in [5, 5.41) is 6.01. The standard InChI is InChI=1S/C12H16BrN3OS/c1-8(4-5-14)2-3-11-15-12(16-17-11)10-6-9(13)7-18-10/h6-8H,2-5,14H2,1H3. The van der Waals surface area contributed by atoms with Gasteiger partial charge in [-0.1, -0.05) is 12.1 Å². The van der Waals surface area contributed by atoms with Crippen LogP contribution in [-0.4, -0.2) is 16.7 Å². The van der Waals surface area contributed by atoms with Gasteiger partial charge in [0.2, 0.25) is 11.7 Å². The average Bonchev–Trinajstić information content (AvgIpc) is 2.95. The summed E-state index contributed by atoms with van der Waals surface area (Å²) in [5.41, 5.74) is 5.53. The summed E-state index contributed by atoms with van der Waals surface area (Å²) in [4.78, 5) is 5.43. The summed E-state index contributed by atoms with van der Waals surface area (Å²) in [6, 6.07) is 2.00. The normalized spacial score (nSPS) is 12.8. The molecule has 0 aliphatic carbocycles. The Morgan fingerprint density at radius 1 is 1.50 bits per heavy atom. The first-order valence-corrected chi connectivity index (χ1v) is 7.63. The second-order valence-electron chi connectivity index (χ2n) is 4.36. The lowest BCUT2D eigenvalue weighted by Crippen LogP contribution is -2.06. The van der Waals surface area contributed by atoms with Crippen LogP contribution in [0.3, 0.4) is 0 Å². The topological polar surface area (TPSA) is 64.9 Å². The van der Waals surface area contributed by atoms with Gasteiger partial charge in [-0.2, -0.15) is 4.98 Å². The minimum Gasteiger partial charge on any atom is -0.339 e. The highest BCUT2D eigenvalue weighted by Crippen LogP contribution is 2.27. The second-order valence-corrected chi connectivity index (χ2v) is 6.19. The quantitative estimate of drug-likeness (QED) is 0.881. The molecule has 1 atom stereocenters. The lowest BCUT2D eigenvalue weighted by molar-refractivity contribution is 0.362. The van der Waals surface area contributed by atoms with E-state index >= 15 is 0 Å². The zero-order chi connectivity index (χ0) is 13.0. The highest BCUT2D eigenvalue weighted by molar-refractivity contribution is 9.10. The van der Waals surface area contributed by atoms with Crippen LogP contribution in [0, 0.1) is 5.92 Å². The number of rotatable bonds is 6. The van der Waals surface area contributed by atoms with E-state index in [1.807, 2.05) is 11.4 Å². The molecule has 0 saturated carbocycles. The monoisotopic (exact) mass is 329 g/mol. The fourth-order valence-electron chi connectivity index (χ4n) is 1.69. The first-order chi connectivity index (χ1) is 8.69. The van der Waals surface area contributed by atoms with Crippen molar-refractivity contribution in [3.8, 4) is 10.7 Å². The molecule has 2 rings (SSSR count). The number of nitrogens with zero attached hydrogens (tertiary/aromatic N) is 2. The number of aryl methyl sites for hydroxylation is 1. The van der Waals surface area contributed by atoms with Gasteiger partial charge in [0.1, 0.15) is 0 Å². The van der Waals surface area contributed by atoms with Crippen molar-refractivity contribution in [2.75, 3.05) is 6.54 Å². The summed E-state index contributed by atoms with van der Waals surface area (Å²) >= 11 is 5.02. The largest absolute Gasteiger partial charge is 0.339 e. The molecule has 0 aliphatic rings. The van der Waals surface area contributed by atoms with Gasteiger partial charge < -0.3 is 10.3 Å². The molecule has 0 radical (unpaired) electrons. The van der Waals surface area contributed by atoms with Gasteiger partial charge in [-0.25, -0.2) is 0 Å². The van der Waals surface area contributed by atoms with Gasteiger partial charge in [-0.05, 0) is 47.3 Å². The number of hydrogen-bond acceptors (Lipinski definition) is 5. The maximum Gasteiger partial charge on any atom is 0.226 e. The molecule has 0 aromatic carbocycles. The molecule has 0 bridgehead atoms. The van der Waals surface area contributed by atoms with Crippen LogP contribution in [0.4, 0.5) is 0 Å². The Morgan fingerprint density at radius 2 is 2.33 bits per heavy atom. The number of nitrogens with two attached hydrogens (primary N) is 1. The number of hydrogen-bond donors (Lipinski definition) is 1. The van der Waals surface area contributed by atoms with Crippen molar-refractivity contribution >= 4 is 27.3 Å². The average molecular weight is 330 g/mol. The maximum absolute atomic E-state index is 5.53. The van der Waals surface area contributed by atoms with E-state index in [1.54, 1.807) is 11.3 Å². The molecule has 18 heavy (non-hydrogen) atoms. The van der Waals surface area contributed by atoms with E-state index in [0.717, 1.165) is 35.2 Å². The number of thiophene rings is 1. The molecule has 0 fully saturated rings. The Balaban J connectivity index is 1.94. The zero-order valence-corrected chi connectivity index (χ0v) is 12.6. The summed E-state index contributed by atoms with van der Waals surface area (Å²) in [6.45, 7) is 2.93. The molecule has 2 heterocycles. The minimum absolute atomic E-state index is 0.598. The molecule has 0 saturated heterocycles. The third-order valence-corrected chi connectivity index (χ3v) is 4.45. The Kier molecular flexibility index (Phi) is 4.91. The molecule has 2 N–H and O–H groups in total. The van der Waals surface area contributed by atoms with Crippen molar-refractivity contribution in [3.05, 3.63) is 21.8 Å². The third kappa shape index (κ3) is 3.63. The molecule has 0 amide bonds. The first kappa shape index (κ1) is 13.7. The molecule has 2 aromatic heterocycles. The zero-order valence-electron chi connectivity index (χ0n) is 10.2. The van der Waals surface area contributed by atoms with Crippen molar-refractivity contribution in [2.24, 2.45) is 11.7 Å². The van der Waals surface area contributed by atoms with Crippen molar-refractivity contribution in [2.45, 2.75) is 26.2 Å². The molecule has 0 spiro atoms. The van der Waals surface area contributed by atoms with Crippen molar-refractivity contribution in [1.82, 2.24) is 10.1 Å². The van der Waals surface area contributed by atoms with Crippen LogP contribution in [0.5, 0.6) is 0 Å². The van der Waals surface area contributed by atoms with E-state index in [9.17, 15) is 0 Å². The predicted molar refractivity (Wildman–Crippen MR) is 76.5 cm³/mol. The van der Waals surface area contributed by atoms with Crippen LogP contribution in [0.2, 0.25) is 0 Å². The highest BCUT2D eigenvalue weighted by atomic mass is 79.9. The van der Waals surface area contributed by atoms with Crippen LogP contribution < -0.4 is 5.73 Å². The summed E-state index contributed by atoms with van der Waals surface area (Å²) in [5.74, 6) is 1.98. The van der Waals surface area contributed by atoms with Crippen LogP contribution in [0.1, 0.15) is 25.7 Å². The fraction of sp³-hybridized carbons (Fsp3) is 0.500. The highest BCUT2D eigenvalue weighted by Gasteiger charge is 2.11. The minimum atomic E-state index is 0.598. The van der Waals surface area contributed by atoms with Gasteiger partial charge in [-0.3, -0.25) is 0 Å². The Labute approximate surface area is 119 Å². The van der Waals surface area contributed by atoms with Gasteiger partial charge in [-0.15, -0.1) is 11.3 Å². The van der Waals surface area contributed by atoms with Crippen molar-refractivity contribution < 1.29 is 4.52 Å². The maximum atomic E-state index is 5.53. The SMILES string of the molecule is CC(CCN)CCc1nc(-c2cc(Br)cs2)no1. The van der Waals surface area contributed by atoms with Crippen molar-refractivity contribution in [3.63, 3.8) is 0 Å².